The van der Waals surface area contributed by atoms with Crippen molar-refractivity contribution in [1.82, 2.24) is 0 Å². The maximum Gasteiger partial charge on any atom is 0.255 e. The Bertz CT molecular complexity index is 985. The number of carbonyl (C=O) groups excluding carboxylic acids is 1. The Morgan fingerprint density at radius 2 is 1.43 bits per heavy atom. The third-order valence-corrected chi connectivity index (χ3v) is 4.04. The van der Waals surface area contributed by atoms with Gasteiger partial charge < -0.3 is 19.5 Å². The molecular weight excluding hydrogens is 378 g/mol. The molecule has 3 aromatic carbocycles. The summed E-state index contributed by atoms with van der Waals surface area (Å²) in [5, 5.41) is 2.88. The van der Waals surface area contributed by atoms with Gasteiger partial charge in [0.1, 0.15) is 37.1 Å². The first-order chi connectivity index (χ1) is 14.6. The highest BCUT2D eigenvalue weighted by Crippen LogP contribution is 2.20. The number of hydrogen-bond acceptors (Lipinski definition) is 4. The van der Waals surface area contributed by atoms with Crippen molar-refractivity contribution < 1.29 is 19.0 Å². The lowest BCUT2D eigenvalue weighted by molar-refractivity contribution is 0.102. The number of anilines is 1. The molecule has 154 valence electrons. The average molecular weight is 403 g/mol. The minimum Gasteiger partial charge on any atom is -0.490 e. The molecule has 0 spiro atoms. The zero-order chi connectivity index (χ0) is 21.2. The van der Waals surface area contributed by atoms with Gasteiger partial charge >= 0.3 is 0 Å². The number of benzene rings is 3. The number of ether oxygens (including phenoxy) is 3. The maximum atomic E-state index is 12.6. The Hall–Kier alpha value is -3.73. The van der Waals surface area contributed by atoms with Crippen LogP contribution in [0.25, 0.3) is 0 Å². The zero-order valence-electron chi connectivity index (χ0n) is 17.0. The molecule has 0 aliphatic rings. The summed E-state index contributed by atoms with van der Waals surface area (Å²) in [6.45, 7) is 6.94. The summed E-state index contributed by atoms with van der Waals surface area (Å²) < 4.78 is 16.9. The largest absolute Gasteiger partial charge is 0.490 e. The van der Waals surface area contributed by atoms with Crippen molar-refractivity contribution in [2.24, 2.45) is 0 Å². The van der Waals surface area contributed by atoms with Crippen molar-refractivity contribution in [3.8, 4) is 17.2 Å². The highest BCUT2D eigenvalue weighted by atomic mass is 16.5. The standard InChI is InChI=1S/C25H25NO4/c1-19(2)18-30-24-13-7-9-21(17-24)26-25(27)20-8-6-12-23(16-20)29-15-14-28-22-10-4-3-5-11-22/h3-13,16-17H,1,14-15,18H2,2H3,(H,26,27). The summed E-state index contributed by atoms with van der Waals surface area (Å²) in [5.74, 6) is 1.85. The predicted molar refractivity (Wildman–Crippen MR) is 119 cm³/mol. The molecule has 3 rings (SSSR count). The van der Waals surface area contributed by atoms with Gasteiger partial charge in [0.05, 0.1) is 0 Å². The second kappa shape index (κ2) is 10.7. The van der Waals surface area contributed by atoms with Crippen LogP contribution in [0.1, 0.15) is 17.3 Å². The molecule has 0 unspecified atom stereocenters. The smallest absolute Gasteiger partial charge is 0.255 e. The number of nitrogens with one attached hydrogen (secondary N) is 1. The van der Waals surface area contributed by atoms with Crippen LogP contribution in [0.5, 0.6) is 17.2 Å². The van der Waals surface area contributed by atoms with Gasteiger partial charge in [0.2, 0.25) is 0 Å². The average Bonchev–Trinajstić information content (AvgIpc) is 2.76. The van der Waals surface area contributed by atoms with Gasteiger partial charge in [-0.3, -0.25) is 4.79 Å². The van der Waals surface area contributed by atoms with Crippen LogP contribution in [0.3, 0.4) is 0 Å². The van der Waals surface area contributed by atoms with Gasteiger partial charge in [-0.15, -0.1) is 0 Å². The molecule has 0 saturated carbocycles. The number of rotatable bonds is 10. The molecule has 5 heteroatoms. The van der Waals surface area contributed by atoms with E-state index < -0.39 is 0 Å². The molecule has 0 radical (unpaired) electrons. The van der Waals surface area contributed by atoms with E-state index >= 15 is 0 Å². The fourth-order valence-corrected chi connectivity index (χ4v) is 2.64. The van der Waals surface area contributed by atoms with Crippen LogP contribution in [0.15, 0.2) is 91.0 Å². The van der Waals surface area contributed by atoms with Crippen LogP contribution in [0, 0.1) is 0 Å². The van der Waals surface area contributed by atoms with Crippen LogP contribution in [-0.4, -0.2) is 25.7 Å². The van der Waals surface area contributed by atoms with Gasteiger partial charge in [0.25, 0.3) is 5.91 Å². The van der Waals surface area contributed by atoms with Gasteiger partial charge in [0.15, 0.2) is 0 Å². The molecule has 1 N–H and O–H groups in total. The third-order valence-electron chi connectivity index (χ3n) is 4.04. The van der Waals surface area contributed by atoms with Crippen molar-refractivity contribution in [1.29, 1.82) is 0 Å². The Morgan fingerprint density at radius 1 is 0.800 bits per heavy atom. The highest BCUT2D eigenvalue weighted by molar-refractivity contribution is 6.04. The van der Waals surface area contributed by atoms with E-state index in [1.54, 1.807) is 24.3 Å². The third kappa shape index (κ3) is 6.71. The van der Waals surface area contributed by atoms with E-state index in [-0.39, 0.29) is 5.91 Å². The molecule has 0 aromatic heterocycles. The van der Waals surface area contributed by atoms with Crippen molar-refractivity contribution in [2.75, 3.05) is 25.1 Å². The fourth-order valence-electron chi connectivity index (χ4n) is 2.64. The van der Waals surface area contributed by atoms with E-state index in [2.05, 4.69) is 11.9 Å². The number of amides is 1. The maximum absolute atomic E-state index is 12.6. The summed E-state index contributed by atoms with van der Waals surface area (Å²) in [4.78, 5) is 12.6. The van der Waals surface area contributed by atoms with Crippen LogP contribution < -0.4 is 19.5 Å². The Labute approximate surface area is 176 Å². The van der Waals surface area contributed by atoms with Crippen LogP contribution in [0.4, 0.5) is 5.69 Å². The van der Waals surface area contributed by atoms with Gasteiger partial charge in [-0.25, -0.2) is 0 Å². The van der Waals surface area contributed by atoms with E-state index in [0.717, 1.165) is 11.3 Å². The second-order valence-corrected chi connectivity index (χ2v) is 6.77. The molecule has 0 heterocycles. The zero-order valence-corrected chi connectivity index (χ0v) is 17.0. The summed E-state index contributed by atoms with van der Waals surface area (Å²) in [7, 11) is 0. The number of para-hydroxylation sites is 1. The van der Waals surface area contributed by atoms with Crippen LogP contribution in [-0.2, 0) is 0 Å². The van der Waals surface area contributed by atoms with E-state index in [1.807, 2.05) is 61.5 Å². The van der Waals surface area contributed by atoms with Gasteiger partial charge in [0, 0.05) is 17.3 Å². The topological polar surface area (TPSA) is 56.8 Å². The lowest BCUT2D eigenvalue weighted by Crippen LogP contribution is -2.13. The number of carbonyl (C=O) groups is 1. The minimum absolute atomic E-state index is 0.224. The van der Waals surface area contributed by atoms with E-state index in [0.29, 0.717) is 42.6 Å². The Balaban J connectivity index is 1.53. The Morgan fingerprint density at radius 3 is 2.17 bits per heavy atom. The molecule has 0 aliphatic heterocycles. The van der Waals surface area contributed by atoms with E-state index in [9.17, 15) is 4.79 Å². The summed E-state index contributed by atoms with van der Waals surface area (Å²) >= 11 is 0. The molecular formula is C25H25NO4. The number of hydrogen-bond donors (Lipinski definition) is 1. The molecule has 0 saturated heterocycles. The lowest BCUT2D eigenvalue weighted by atomic mass is 10.2. The quantitative estimate of drug-likeness (QED) is 0.366. The Kier molecular flexibility index (Phi) is 7.50. The van der Waals surface area contributed by atoms with E-state index in [1.165, 1.54) is 0 Å². The monoisotopic (exact) mass is 403 g/mol. The van der Waals surface area contributed by atoms with Crippen molar-refractivity contribution in [3.63, 3.8) is 0 Å². The summed E-state index contributed by atoms with van der Waals surface area (Å²) in [5.41, 5.74) is 2.09. The predicted octanol–water partition coefficient (Wildman–Crippen LogP) is 5.35. The summed E-state index contributed by atoms with van der Waals surface area (Å²) in [6, 6.07) is 23.9. The van der Waals surface area contributed by atoms with Gasteiger partial charge in [-0.2, -0.15) is 0 Å². The second-order valence-electron chi connectivity index (χ2n) is 6.77. The SMILES string of the molecule is C=C(C)COc1cccc(NC(=O)c2cccc(OCCOc3ccccc3)c2)c1. The fraction of sp³-hybridized carbons (Fsp3) is 0.160. The molecule has 0 fully saturated rings. The minimum atomic E-state index is -0.224. The molecule has 1 amide bonds. The first kappa shape index (κ1) is 21.0. The highest BCUT2D eigenvalue weighted by Gasteiger charge is 2.08. The van der Waals surface area contributed by atoms with Crippen LogP contribution >= 0.6 is 0 Å². The van der Waals surface area contributed by atoms with Crippen molar-refractivity contribution in [3.05, 3.63) is 96.6 Å². The lowest BCUT2D eigenvalue weighted by Gasteiger charge is -2.11. The first-order valence-corrected chi connectivity index (χ1v) is 9.69. The van der Waals surface area contributed by atoms with Gasteiger partial charge in [-0.05, 0) is 55.0 Å². The van der Waals surface area contributed by atoms with E-state index in [4.69, 9.17) is 14.2 Å². The van der Waals surface area contributed by atoms with Crippen LogP contribution in [0.2, 0.25) is 0 Å². The normalized spacial score (nSPS) is 10.2. The molecule has 5 nitrogen and oxygen atoms in total. The molecule has 0 bridgehead atoms. The molecule has 0 atom stereocenters. The van der Waals surface area contributed by atoms with Gasteiger partial charge in [-0.1, -0.05) is 36.9 Å². The first-order valence-electron chi connectivity index (χ1n) is 9.69. The van der Waals surface area contributed by atoms with Crippen molar-refractivity contribution in [2.45, 2.75) is 6.92 Å². The molecule has 3 aromatic rings. The summed E-state index contributed by atoms with van der Waals surface area (Å²) in [6.07, 6.45) is 0. The molecule has 30 heavy (non-hydrogen) atoms. The van der Waals surface area contributed by atoms with Crippen molar-refractivity contribution >= 4 is 11.6 Å². The molecule has 0 aliphatic carbocycles.